The summed E-state index contributed by atoms with van der Waals surface area (Å²) in [5.74, 6) is 0. The second-order valence-electron chi connectivity index (χ2n) is 3.99. The molecule has 1 rings (SSSR count). The first-order valence-electron chi connectivity index (χ1n) is 5.22. The Bertz CT molecular complexity index is 258. The first-order valence-corrected chi connectivity index (χ1v) is 6.76. The normalized spacial score (nSPS) is 21.3. The molecule has 0 heterocycles. The van der Waals surface area contributed by atoms with E-state index in [1.165, 1.54) is 0 Å². The van der Waals surface area contributed by atoms with Crippen molar-refractivity contribution >= 4 is 10.0 Å². The van der Waals surface area contributed by atoms with Crippen LogP contribution in [0, 0.1) is 0 Å². The standard InChI is InChI=1S/C9H20N2O2S/c1-8(10-2)7-11-14(12,13)9-5-3-4-6-9/h8-11H,3-7H2,1-2H3. The molecule has 0 aromatic rings. The molecule has 0 aliphatic heterocycles. The van der Waals surface area contributed by atoms with Gasteiger partial charge in [0.1, 0.15) is 0 Å². The van der Waals surface area contributed by atoms with Gasteiger partial charge in [0.2, 0.25) is 10.0 Å². The summed E-state index contributed by atoms with van der Waals surface area (Å²) in [7, 11) is -1.23. The number of hydrogen-bond donors (Lipinski definition) is 2. The molecule has 0 spiro atoms. The Balaban J connectivity index is 2.41. The zero-order valence-electron chi connectivity index (χ0n) is 8.91. The summed E-state index contributed by atoms with van der Waals surface area (Å²) in [6.07, 6.45) is 3.74. The molecule has 1 aliphatic rings. The van der Waals surface area contributed by atoms with Gasteiger partial charge >= 0.3 is 0 Å². The zero-order valence-corrected chi connectivity index (χ0v) is 9.73. The number of sulfonamides is 1. The van der Waals surface area contributed by atoms with E-state index in [4.69, 9.17) is 0 Å². The van der Waals surface area contributed by atoms with Gasteiger partial charge in [-0.15, -0.1) is 0 Å². The van der Waals surface area contributed by atoms with Crippen LogP contribution in [0.3, 0.4) is 0 Å². The lowest BCUT2D eigenvalue weighted by molar-refractivity contribution is 0.542. The first-order chi connectivity index (χ1) is 6.56. The number of rotatable bonds is 5. The lowest BCUT2D eigenvalue weighted by atomic mass is 10.4. The van der Waals surface area contributed by atoms with Crippen LogP contribution in [0.15, 0.2) is 0 Å². The Morgan fingerprint density at radius 1 is 1.36 bits per heavy atom. The van der Waals surface area contributed by atoms with Crippen LogP contribution < -0.4 is 10.0 Å². The summed E-state index contributed by atoms with van der Waals surface area (Å²) in [6, 6.07) is 0.186. The molecule has 0 amide bonds. The third-order valence-electron chi connectivity index (χ3n) is 2.82. The summed E-state index contributed by atoms with van der Waals surface area (Å²) in [5.41, 5.74) is 0. The van der Waals surface area contributed by atoms with Gasteiger partial charge in [-0.25, -0.2) is 13.1 Å². The van der Waals surface area contributed by atoms with Gasteiger partial charge in [0.05, 0.1) is 5.25 Å². The van der Waals surface area contributed by atoms with Crippen molar-refractivity contribution in [1.82, 2.24) is 10.0 Å². The maximum absolute atomic E-state index is 11.7. The molecule has 1 aliphatic carbocycles. The molecule has 1 atom stereocenters. The third-order valence-corrected chi connectivity index (χ3v) is 4.74. The highest BCUT2D eigenvalue weighted by Gasteiger charge is 2.28. The van der Waals surface area contributed by atoms with Crippen molar-refractivity contribution in [2.75, 3.05) is 13.6 Å². The lowest BCUT2D eigenvalue weighted by Crippen LogP contribution is -2.40. The van der Waals surface area contributed by atoms with E-state index in [9.17, 15) is 8.42 Å². The van der Waals surface area contributed by atoms with Gasteiger partial charge in [0.15, 0.2) is 0 Å². The van der Waals surface area contributed by atoms with E-state index < -0.39 is 10.0 Å². The molecule has 0 bridgehead atoms. The molecule has 0 aromatic heterocycles. The van der Waals surface area contributed by atoms with Gasteiger partial charge in [0, 0.05) is 12.6 Å². The molecule has 1 fully saturated rings. The highest BCUT2D eigenvalue weighted by atomic mass is 32.2. The van der Waals surface area contributed by atoms with Crippen LogP contribution in [0.25, 0.3) is 0 Å². The monoisotopic (exact) mass is 220 g/mol. The molecule has 0 saturated heterocycles. The molecule has 5 heteroatoms. The summed E-state index contributed by atoms with van der Waals surface area (Å²) in [5, 5.41) is 2.85. The smallest absolute Gasteiger partial charge is 0.214 e. The van der Waals surface area contributed by atoms with Crippen LogP contribution in [0.1, 0.15) is 32.6 Å². The SMILES string of the molecule is CNC(C)CNS(=O)(=O)C1CCCC1. The molecule has 4 nitrogen and oxygen atoms in total. The minimum atomic E-state index is -3.06. The van der Waals surface area contributed by atoms with Crippen LogP contribution in [0.2, 0.25) is 0 Å². The summed E-state index contributed by atoms with van der Waals surface area (Å²) in [4.78, 5) is 0. The Hall–Kier alpha value is -0.130. The maximum Gasteiger partial charge on any atom is 0.214 e. The van der Waals surface area contributed by atoms with Crippen molar-refractivity contribution in [2.24, 2.45) is 0 Å². The van der Waals surface area contributed by atoms with Crippen molar-refractivity contribution in [3.8, 4) is 0 Å². The molecule has 2 N–H and O–H groups in total. The average molecular weight is 220 g/mol. The number of hydrogen-bond acceptors (Lipinski definition) is 3. The van der Waals surface area contributed by atoms with E-state index in [1.54, 1.807) is 0 Å². The van der Waals surface area contributed by atoms with E-state index in [-0.39, 0.29) is 11.3 Å². The fourth-order valence-corrected chi connectivity index (χ4v) is 3.33. The zero-order chi connectivity index (χ0) is 10.6. The van der Waals surface area contributed by atoms with Crippen molar-refractivity contribution in [3.63, 3.8) is 0 Å². The summed E-state index contributed by atoms with van der Waals surface area (Å²) in [6.45, 7) is 2.44. The molecule has 84 valence electrons. The van der Waals surface area contributed by atoms with Crippen molar-refractivity contribution in [2.45, 2.75) is 43.9 Å². The third kappa shape index (κ3) is 3.22. The minimum Gasteiger partial charge on any atom is -0.316 e. The van der Waals surface area contributed by atoms with Crippen LogP contribution >= 0.6 is 0 Å². The minimum absolute atomic E-state index is 0.147. The van der Waals surface area contributed by atoms with Crippen LogP contribution in [0.4, 0.5) is 0 Å². The van der Waals surface area contributed by atoms with Crippen LogP contribution in [0.5, 0.6) is 0 Å². The Morgan fingerprint density at radius 2 is 1.93 bits per heavy atom. The van der Waals surface area contributed by atoms with Crippen LogP contribution in [-0.4, -0.2) is 33.3 Å². The molecular formula is C9H20N2O2S. The van der Waals surface area contributed by atoms with Crippen molar-refractivity contribution in [3.05, 3.63) is 0 Å². The van der Waals surface area contributed by atoms with Crippen LogP contribution in [-0.2, 0) is 10.0 Å². The average Bonchev–Trinajstić information content (AvgIpc) is 2.67. The molecule has 1 unspecified atom stereocenters. The van der Waals surface area contributed by atoms with Gasteiger partial charge < -0.3 is 5.32 Å². The fraction of sp³-hybridized carbons (Fsp3) is 1.00. The second-order valence-corrected chi connectivity index (χ2v) is 6.04. The predicted molar refractivity (Wildman–Crippen MR) is 57.7 cm³/mol. The van der Waals surface area contributed by atoms with Crippen molar-refractivity contribution < 1.29 is 8.42 Å². The fourth-order valence-electron chi connectivity index (χ4n) is 1.66. The first kappa shape index (κ1) is 11.9. The maximum atomic E-state index is 11.7. The lowest BCUT2D eigenvalue weighted by Gasteiger charge is -2.15. The van der Waals surface area contributed by atoms with Gasteiger partial charge in [-0.3, -0.25) is 0 Å². The predicted octanol–water partition coefficient (Wildman–Crippen LogP) is 0.456. The Morgan fingerprint density at radius 3 is 2.43 bits per heavy atom. The quantitative estimate of drug-likeness (QED) is 0.707. The molecular weight excluding hydrogens is 200 g/mol. The van der Waals surface area contributed by atoms with Gasteiger partial charge in [0.25, 0.3) is 0 Å². The van der Waals surface area contributed by atoms with Gasteiger partial charge in [-0.05, 0) is 26.8 Å². The Kier molecular flexibility index (Phi) is 4.34. The highest BCUT2D eigenvalue weighted by Crippen LogP contribution is 2.23. The molecule has 0 radical (unpaired) electrons. The van der Waals surface area contributed by atoms with Crippen molar-refractivity contribution in [1.29, 1.82) is 0 Å². The topological polar surface area (TPSA) is 58.2 Å². The van der Waals surface area contributed by atoms with E-state index in [0.717, 1.165) is 25.7 Å². The van der Waals surface area contributed by atoms with E-state index in [2.05, 4.69) is 10.0 Å². The highest BCUT2D eigenvalue weighted by molar-refractivity contribution is 7.90. The molecule has 0 aromatic carbocycles. The van der Waals surface area contributed by atoms with E-state index in [0.29, 0.717) is 6.54 Å². The summed E-state index contributed by atoms with van der Waals surface area (Å²) >= 11 is 0. The molecule has 1 saturated carbocycles. The number of likely N-dealkylation sites (N-methyl/N-ethyl adjacent to an activating group) is 1. The van der Waals surface area contributed by atoms with E-state index in [1.807, 2.05) is 14.0 Å². The van der Waals surface area contributed by atoms with Gasteiger partial charge in [-0.1, -0.05) is 12.8 Å². The second kappa shape index (κ2) is 5.09. The molecule has 14 heavy (non-hydrogen) atoms. The van der Waals surface area contributed by atoms with E-state index >= 15 is 0 Å². The van der Waals surface area contributed by atoms with Gasteiger partial charge in [-0.2, -0.15) is 0 Å². The number of nitrogens with one attached hydrogen (secondary N) is 2. The summed E-state index contributed by atoms with van der Waals surface area (Å²) < 4.78 is 26.1. The largest absolute Gasteiger partial charge is 0.316 e. The Labute approximate surface area is 86.5 Å².